The minimum Gasteiger partial charge on any atom is -0.490 e. The lowest BCUT2D eigenvalue weighted by Crippen LogP contribution is -2.51. The smallest absolute Gasteiger partial charge is 0.240 e. The molecule has 0 unspecified atom stereocenters. The van der Waals surface area contributed by atoms with Crippen LogP contribution in [0.15, 0.2) is 23.1 Å². The maximum absolute atomic E-state index is 12.6. The molecular formula is C17H28N2O4S. The summed E-state index contributed by atoms with van der Waals surface area (Å²) in [5, 5.41) is 0. The Kier molecular flexibility index (Phi) is 6.48. The molecule has 0 heterocycles. The number of sulfonamides is 1. The molecule has 6 nitrogen and oxygen atoms in total. The van der Waals surface area contributed by atoms with Crippen molar-refractivity contribution in [1.29, 1.82) is 0 Å². The first kappa shape index (κ1) is 19.0. The fraction of sp³-hybridized carbons (Fsp3) is 0.647. The highest BCUT2D eigenvalue weighted by Gasteiger charge is 2.29. The molecular weight excluding hydrogens is 328 g/mol. The molecule has 1 aromatic rings. The molecule has 0 radical (unpaired) electrons. The lowest BCUT2D eigenvalue weighted by atomic mass is 9.83. The molecule has 7 heteroatoms. The van der Waals surface area contributed by atoms with E-state index < -0.39 is 15.6 Å². The van der Waals surface area contributed by atoms with E-state index in [0.717, 1.165) is 25.7 Å². The molecule has 1 aliphatic carbocycles. The van der Waals surface area contributed by atoms with Gasteiger partial charge in [0.05, 0.1) is 18.1 Å². The van der Waals surface area contributed by atoms with Gasteiger partial charge in [0.1, 0.15) is 0 Å². The molecule has 2 rings (SSSR count). The van der Waals surface area contributed by atoms with Crippen LogP contribution in [0.4, 0.5) is 0 Å². The summed E-state index contributed by atoms with van der Waals surface area (Å²) in [6.07, 6.45) is 4.97. The van der Waals surface area contributed by atoms with E-state index in [0.29, 0.717) is 24.7 Å². The van der Waals surface area contributed by atoms with Crippen LogP contribution in [0.1, 0.15) is 46.0 Å². The molecule has 1 aromatic carbocycles. The highest BCUT2D eigenvalue weighted by Crippen LogP contribution is 2.31. The molecule has 0 amide bonds. The maximum atomic E-state index is 12.6. The first-order chi connectivity index (χ1) is 11.4. The van der Waals surface area contributed by atoms with E-state index in [1.165, 1.54) is 18.6 Å². The molecule has 24 heavy (non-hydrogen) atoms. The third kappa shape index (κ3) is 4.84. The highest BCUT2D eigenvalue weighted by molar-refractivity contribution is 7.89. The SMILES string of the molecule is CCOc1ccc(S(=O)(=O)NCC2(N)CCCCC2)cc1OCC. The zero-order valence-corrected chi connectivity index (χ0v) is 15.3. The van der Waals surface area contributed by atoms with Crippen LogP contribution < -0.4 is 19.9 Å². The summed E-state index contributed by atoms with van der Waals surface area (Å²) in [5.41, 5.74) is 5.87. The Hall–Kier alpha value is -1.31. The van der Waals surface area contributed by atoms with Gasteiger partial charge < -0.3 is 15.2 Å². The number of nitrogens with two attached hydrogens (primary N) is 1. The lowest BCUT2D eigenvalue weighted by Gasteiger charge is -2.33. The van der Waals surface area contributed by atoms with Crippen LogP contribution in [0.5, 0.6) is 11.5 Å². The van der Waals surface area contributed by atoms with Crippen molar-refractivity contribution in [3.63, 3.8) is 0 Å². The minimum absolute atomic E-state index is 0.161. The monoisotopic (exact) mass is 356 g/mol. The number of ether oxygens (including phenoxy) is 2. The fourth-order valence-corrected chi connectivity index (χ4v) is 4.11. The normalized spacial score (nSPS) is 17.5. The number of nitrogens with one attached hydrogen (secondary N) is 1. The molecule has 136 valence electrons. The summed E-state index contributed by atoms with van der Waals surface area (Å²) >= 11 is 0. The standard InChI is InChI=1S/C17H28N2O4S/c1-3-22-15-9-8-14(12-16(15)23-4-2)24(20,21)19-13-17(18)10-6-5-7-11-17/h8-9,12,19H,3-7,10-11,13,18H2,1-2H3. The predicted molar refractivity (Wildman–Crippen MR) is 94.0 cm³/mol. The molecule has 0 saturated heterocycles. The summed E-state index contributed by atoms with van der Waals surface area (Å²) in [4.78, 5) is 0.161. The zero-order chi connectivity index (χ0) is 17.6. The average Bonchev–Trinajstić information content (AvgIpc) is 2.56. The average molecular weight is 356 g/mol. The third-order valence-corrected chi connectivity index (χ3v) is 5.69. The summed E-state index contributed by atoms with van der Waals surface area (Å²) < 4.78 is 38.8. The molecule has 0 aromatic heterocycles. The Morgan fingerprint density at radius 2 is 1.71 bits per heavy atom. The van der Waals surface area contributed by atoms with Crippen LogP contribution in [-0.4, -0.2) is 33.7 Å². The van der Waals surface area contributed by atoms with Crippen molar-refractivity contribution >= 4 is 10.0 Å². The van der Waals surface area contributed by atoms with Gasteiger partial charge in [0.25, 0.3) is 0 Å². The zero-order valence-electron chi connectivity index (χ0n) is 14.5. The van der Waals surface area contributed by atoms with Gasteiger partial charge in [0.15, 0.2) is 11.5 Å². The van der Waals surface area contributed by atoms with Crippen molar-refractivity contribution in [2.45, 2.75) is 56.4 Å². The van der Waals surface area contributed by atoms with Gasteiger partial charge in [-0.05, 0) is 38.8 Å². The largest absolute Gasteiger partial charge is 0.490 e. The highest BCUT2D eigenvalue weighted by atomic mass is 32.2. The van der Waals surface area contributed by atoms with E-state index in [1.807, 2.05) is 13.8 Å². The molecule has 3 N–H and O–H groups in total. The van der Waals surface area contributed by atoms with Gasteiger partial charge in [0, 0.05) is 18.2 Å². The Labute approximate surface area is 144 Å². The Morgan fingerprint density at radius 1 is 1.08 bits per heavy atom. The van der Waals surface area contributed by atoms with Crippen molar-refractivity contribution < 1.29 is 17.9 Å². The van der Waals surface area contributed by atoms with Gasteiger partial charge in [-0.2, -0.15) is 0 Å². The van der Waals surface area contributed by atoms with Crippen LogP contribution >= 0.6 is 0 Å². The van der Waals surface area contributed by atoms with E-state index in [2.05, 4.69) is 4.72 Å². The maximum Gasteiger partial charge on any atom is 0.240 e. The van der Waals surface area contributed by atoms with E-state index in [1.54, 1.807) is 6.07 Å². The van der Waals surface area contributed by atoms with E-state index in [4.69, 9.17) is 15.2 Å². The molecule has 0 atom stereocenters. The molecule has 0 bridgehead atoms. The second-order valence-electron chi connectivity index (χ2n) is 6.22. The van der Waals surface area contributed by atoms with Crippen molar-refractivity contribution in [2.24, 2.45) is 5.73 Å². The number of hydrogen-bond acceptors (Lipinski definition) is 5. The third-order valence-electron chi connectivity index (χ3n) is 4.29. The van der Waals surface area contributed by atoms with Crippen LogP contribution in [0.3, 0.4) is 0 Å². The second-order valence-corrected chi connectivity index (χ2v) is 7.99. The van der Waals surface area contributed by atoms with Crippen molar-refractivity contribution in [3.05, 3.63) is 18.2 Å². The quantitative estimate of drug-likeness (QED) is 0.746. The topological polar surface area (TPSA) is 90.7 Å². The summed E-state index contributed by atoms with van der Waals surface area (Å²) in [5.74, 6) is 0.975. The van der Waals surface area contributed by atoms with Gasteiger partial charge >= 0.3 is 0 Å². The van der Waals surface area contributed by atoms with Crippen LogP contribution in [0.2, 0.25) is 0 Å². The molecule has 1 saturated carbocycles. The van der Waals surface area contributed by atoms with Gasteiger partial charge in [-0.3, -0.25) is 0 Å². The fourth-order valence-electron chi connectivity index (χ4n) is 2.95. The van der Waals surface area contributed by atoms with Crippen LogP contribution in [0.25, 0.3) is 0 Å². The Balaban J connectivity index is 2.14. The minimum atomic E-state index is -3.64. The Bertz CT molecular complexity index is 640. The molecule has 0 aliphatic heterocycles. The van der Waals surface area contributed by atoms with Crippen molar-refractivity contribution in [3.8, 4) is 11.5 Å². The van der Waals surface area contributed by atoms with E-state index in [-0.39, 0.29) is 11.4 Å². The number of hydrogen-bond donors (Lipinski definition) is 2. The predicted octanol–water partition coefficient (Wildman–Crippen LogP) is 2.42. The number of rotatable bonds is 8. The first-order valence-corrected chi connectivity index (χ1v) is 10.1. The molecule has 0 spiro atoms. The first-order valence-electron chi connectivity index (χ1n) is 8.58. The van der Waals surface area contributed by atoms with E-state index in [9.17, 15) is 8.42 Å². The molecule has 1 fully saturated rings. The summed E-state index contributed by atoms with van der Waals surface area (Å²) in [7, 11) is -3.64. The van der Waals surface area contributed by atoms with Crippen LogP contribution in [0, 0.1) is 0 Å². The Morgan fingerprint density at radius 3 is 2.33 bits per heavy atom. The second kappa shape index (κ2) is 8.18. The summed E-state index contributed by atoms with van der Waals surface area (Å²) in [6, 6.07) is 4.66. The summed E-state index contributed by atoms with van der Waals surface area (Å²) in [6.45, 7) is 4.89. The number of benzene rings is 1. The van der Waals surface area contributed by atoms with Gasteiger partial charge in [-0.15, -0.1) is 0 Å². The lowest BCUT2D eigenvalue weighted by molar-refractivity contribution is 0.287. The molecule has 1 aliphatic rings. The van der Waals surface area contributed by atoms with Crippen molar-refractivity contribution in [2.75, 3.05) is 19.8 Å². The van der Waals surface area contributed by atoms with Gasteiger partial charge in [-0.25, -0.2) is 13.1 Å². The van der Waals surface area contributed by atoms with Gasteiger partial charge in [-0.1, -0.05) is 19.3 Å². The van der Waals surface area contributed by atoms with E-state index >= 15 is 0 Å². The van der Waals surface area contributed by atoms with Crippen molar-refractivity contribution in [1.82, 2.24) is 4.72 Å². The van der Waals surface area contributed by atoms with Crippen LogP contribution in [-0.2, 0) is 10.0 Å². The van der Waals surface area contributed by atoms with Gasteiger partial charge in [0.2, 0.25) is 10.0 Å².